The summed E-state index contributed by atoms with van der Waals surface area (Å²) in [5, 5.41) is 5.42. The molecule has 2 aromatic carbocycles. The number of aryl methyl sites for hydroxylation is 1. The van der Waals surface area contributed by atoms with Gasteiger partial charge < -0.3 is 29.9 Å². The number of likely N-dealkylation sites (tertiary alicyclic amines) is 1. The molecule has 1 heterocycles. The number of rotatable bonds is 11. The van der Waals surface area contributed by atoms with Crippen molar-refractivity contribution < 1.29 is 28.7 Å². The molecule has 1 aliphatic heterocycles. The van der Waals surface area contributed by atoms with Gasteiger partial charge in [-0.3, -0.25) is 14.4 Å². The molecule has 3 rings (SSSR count). The Hall–Kier alpha value is -3.92. The van der Waals surface area contributed by atoms with Crippen LogP contribution in [-0.2, 0) is 23.9 Å². The first-order chi connectivity index (χ1) is 18.7. The van der Waals surface area contributed by atoms with Crippen LogP contribution < -0.4 is 15.5 Å². The van der Waals surface area contributed by atoms with E-state index in [-0.39, 0.29) is 30.1 Å². The number of carbonyl (C=O) groups excluding carboxylic acids is 4. The number of benzene rings is 2. The number of amides is 4. The minimum Gasteiger partial charge on any atom is -0.460 e. The molecular formula is C29H40N4O6. The number of hydrogen-bond donors (Lipinski definition) is 2. The summed E-state index contributed by atoms with van der Waals surface area (Å²) >= 11 is 0. The predicted molar refractivity (Wildman–Crippen MR) is 152 cm³/mol. The van der Waals surface area contributed by atoms with E-state index < -0.39 is 0 Å². The van der Waals surface area contributed by atoms with Crippen molar-refractivity contribution in [2.45, 2.75) is 53.2 Å². The number of carbonyl (C=O) groups is 4. The van der Waals surface area contributed by atoms with Gasteiger partial charge in [0.15, 0.2) is 0 Å². The zero-order valence-electron chi connectivity index (χ0n) is 23.4. The quantitative estimate of drug-likeness (QED) is 0.247. The zero-order chi connectivity index (χ0) is 28.8. The molecule has 212 valence electrons. The molecule has 4 amide bonds. The van der Waals surface area contributed by atoms with Gasteiger partial charge in [0, 0.05) is 42.7 Å². The highest BCUT2D eigenvalue weighted by atomic mass is 16.5. The van der Waals surface area contributed by atoms with Gasteiger partial charge in [-0.05, 0) is 57.2 Å². The number of esters is 1. The number of anilines is 3. The fraction of sp³-hybridized carbons (Fsp3) is 0.448. The summed E-state index contributed by atoms with van der Waals surface area (Å²) in [4.78, 5) is 48.4. The molecule has 2 unspecified atom stereocenters. The van der Waals surface area contributed by atoms with Crippen LogP contribution >= 0.6 is 0 Å². The maximum Gasteiger partial charge on any atom is 0.322 e. The van der Waals surface area contributed by atoms with Gasteiger partial charge in [0.25, 0.3) is 0 Å². The molecular weight excluding hydrogens is 500 g/mol. The Morgan fingerprint density at radius 2 is 1.72 bits per heavy atom. The normalized spacial score (nSPS) is 16.1. The molecule has 0 saturated carbocycles. The topological polar surface area (TPSA) is 117 Å². The molecule has 10 heteroatoms. The monoisotopic (exact) mass is 540 g/mol. The molecule has 0 spiro atoms. The fourth-order valence-electron chi connectivity index (χ4n) is 3.85. The lowest BCUT2D eigenvalue weighted by molar-refractivity contribution is -0.152. The maximum absolute atomic E-state index is 12.3. The summed E-state index contributed by atoms with van der Waals surface area (Å²) in [5.41, 5.74) is 3.38. The van der Waals surface area contributed by atoms with Crippen molar-refractivity contribution >= 4 is 41.9 Å². The first-order valence-electron chi connectivity index (χ1n) is 13.1. The van der Waals surface area contributed by atoms with E-state index in [2.05, 4.69) is 10.6 Å². The third-order valence-electron chi connectivity index (χ3n) is 6.09. The van der Waals surface area contributed by atoms with Crippen LogP contribution in [0.2, 0.25) is 0 Å². The lowest BCUT2D eigenvalue weighted by Gasteiger charge is -2.21. The SMILES string of the molecule is CCOCCN(C=O)c1ccc(NC=O)cc1.Cc1ccc(NC(=O)N2CC(OC(=O)C(C)C)CC2C)cc1. The molecule has 39 heavy (non-hydrogen) atoms. The molecule has 1 saturated heterocycles. The Kier molecular flexibility index (Phi) is 12.9. The molecule has 0 bridgehead atoms. The Bertz CT molecular complexity index is 1060. The molecule has 1 fully saturated rings. The minimum atomic E-state index is -0.214. The summed E-state index contributed by atoms with van der Waals surface area (Å²) in [6.07, 6.45) is 1.84. The lowest BCUT2D eigenvalue weighted by Crippen LogP contribution is -2.38. The second kappa shape index (κ2) is 16.1. The number of ether oxygens (including phenoxy) is 2. The smallest absolute Gasteiger partial charge is 0.322 e. The summed E-state index contributed by atoms with van der Waals surface area (Å²) in [5.74, 6) is -0.358. The zero-order valence-corrected chi connectivity index (χ0v) is 23.4. The van der Waals surface area contributed by atoms with E-state index in [0.29, 0.717) is 44.8 Å². The van der Waals surface area contributed by atoms with Gasteiger partial charge in [0.1, 0.15) is 6.10 Å². The maximum atomic E-state index is 12.3. The van der Waals surface area contributed by atoms with Crippen molar-refractivity contribution in [3.05, 3.63) is 54.1 Å². The van der Waals surface area contributed by atoms with E-state index in [1.807, 2.05) is 58.9 Å². The highest BCUT2D eigenvalue weighted by Gasteiger charge is 2.35. The van der Waals surface area contributed by atoms with Gasteiger partial charge in [-0.1, -0.05) is 31.5 Å². The van der Waals surface area contributed by atoms with Gasteiger partial charge in [-0.2, -0.15) is 0 Å². The minimum absolute atomic E-state index is 0.0513. The van der Waals surface area contributed by atoms with Crippen molar-refractivity contribution in [1.29, 1.82) is 0 Å². The Balaban J connectivity index is 0.000000283. The average Bonchev–Trinajstić information content (AvgIpc) is 3.29. The van der Waals surface area contributed by atoms with Crippen LogP contribution in [0.1, 0.15) is 39.7 Å². The van der Waals surface area contributed by atoms with E-state index in [9.17, 15) is 19.2 Å². The van der Waals surface area contributed by atoms with Gasteiger partial charge in [-0.25, -0.2) is 4.79 Å². The van der Waals surface area contributed by atoms with E-state index in [1.165, 1.54) is 0 Å². The van der Waals surface area contributed by atoms with Gasteiger partial charge in [0.2, 0.25) is 12.8 Å². The fourth-order valence-corrected chi connectivity index (χ4v) is 3.85. The molecule has 10 nitrogen and oxygen atoms in total. The standard InChI is InChI=1S/C17H24N2O3.C12H16N2O3/c1-11(2)16(20)22-15-9-13(4)19(10-15)17(21)18-14-7-5-12(3)6-8-14;1-2-17-8-7-14(10-16)12-5-3-11(4-6-12)13-9-15/h5-8,11,13,15H,9-10H2,1-4H3,(H,18,21);3-6,9-10H,2,7-8H2,1H3,(H,13,15). The molecule has 1 aliphatic rings. The number of hydrogen-bond acceptors (Lipinski definition) is 6. The Morgan fingerprint density at radius 1 is 1.08 bits per heavy atom. The third-order valence-corrected chi connectivity index (χ3v) is 6.09. The summed E-state index contributed by atoms with van der Waals surface area (Å²) in [7, 11) is 0. The number of nitrogens with zero attached hydrogens (tertiary/aromatic N) is 2. The predicted octanol–water partition coefficient (Wildman–Crippen LogP) is 4.44. The van der Waals surface area contributed by atoms with Crippen LogP contribution in [0.25, 0.3) is 0 Å². The summed E-state index contributed by atoms with van der Waals surface area (Å²) < 4.78 is 10.6. The van der Waals surface area contributed by atoms with E-state index in [4.69, 9.17) is 9.47 Å². The Labute approximate surface area is 230 Å². The van der Waals surface area contributed by atoms with Crippen molar-refractivity contribution in [1.82, 2.24) is 4.90 Å². The van der Waals surface area contributed by atoms with E-state index >= 15 is 0 Å². The van der Waals surface area contributed by atoms with Crippen LogP contribution in [0.3, 0.4) is 0 Å². The van der Waals surface area contributed by atoms with Gasteiger partial charge >= 0.3 is 12.0 Å². The second-order valence-corrected chi connectivity index (χ2v) is 9.55. The molecule has 2 atom stereocenters. The first kappa shape index (κ1) is 31.3. The number of urea groups is 1. The van der Waals surface area contributed by atoms with E-state index in [1.54, 1.807) is 34.1 Å². The van der Waals surface area contributed by atoms with Crippen LogP contribution in [0.5, 0.6) is 0 Å². The molecule has 0 aliphatic carbocycles. The van der Waals surface area contributed by atoms with Crippen molar-refractivity contribution in [2.75, 3.05) is 41.8 Å². The first-order valence-corrected chi connectivity index (χ1v) is 13.1. The van der Waals surface area contributed by atoms with Crippen LogP contribution in [0.15, 0.2) is 48.5 Å². The third kappa shape index (κ3) is 10.4. The number of nitrogens with one attached hydrogen (secondary N) is 2. The highest BCUT2D eigenvalue weighted by molar-refractivity contribution is 5.89. The lowest BCUT2D eigenvalue weighted by atomic mass is 10.2. The van der Waals surface area contributed by atoms with Gasteiger partial charge in [0.05, 0.1) is 19.1 Å². The highest BCUT2D eigenvalue weighted by Crippen LogP contribution is 2.22. The van der Waals surface area contributed by atoms with E-state index in [0.717, 1.165) is 23.3 Å². The van der Waals surface area contributed by atoms with Crippen LogP contribution in [0, 0.1) is 12.8 Å². The molecule has 2 N–H and O–H groups in total. The molecule has 0 aromatic heterocycles. The van der Waals surface area contributed by atoms with Crippen molar-refractivity contribution in [3.63, 3.8) is 0 Å². The van der Waals surface area contributed by atoms with Gasteiger partial charge in [-0.15, -0.1) is 0 Å². The second-order valence-electron chi connectivity index (χ2n) is 9.55. The van der Waals surface area contributed by atoms with Crippen molar-refractivity contribution in [2.24, 2.45) is 5.92 Å². The molecule has 0 radical (unpaired) electrons. The summed E-state index contributed by atoms with van der Waals surface area (Å²) in [6, 6.07) is 14.6. The van der Waals surface area contributed by atoms with Crippen molar-refractivity contribution in [3.8, 4) is 0 Å². The average molecular weight is 541 g/mol. The van der Waals surface area contributed by atoms with Crippen LogP contribution in [0.4, 0.5) is 21.9 Å². The summed E-state index contributed by atoms with van der Waals surface area (Å²) in [6.45, 7) is 11.6. The largest absolute Gasteiger partial charge is 0.460 e. The van der Waals surface area contributed by atoms with Crippen LogP contribution in [-0.4, -0.2) is 68.2 Å². The Morgan fingerprint density at radius 3 is 2.28 bits per heavy atom. The molecule has 2 aromatic rings.